The van der Waals surface area contributed by atoms with Gasteiger partial charge in [0.15, 0.2) is 11.6 Å². The lowest BCUT2D eigenvalue weighted by molar-refractivity contribution is 0.0939. The maximum absolute atomic E-state index is 13.2. The molecule has 1 aromatic heterocycles. The molecule has 10 heteroatoms. The van der Waals surface area contributed by atoms with Crippen LogP contribution in [0.1, 0.15) is 28.6 Å². The molecule has 1 amide bonds. The van der Waals surface area contributed by atoms with Crippen LogP contribution in [0.5, 0.6) is 0 Å². The van der Waals surface area contributed by atoms with Crippen LogP contribution in [0.4, 0.5) is 17.6 Å². The van der Waals surface area contributed by atoms with Crippen molar-refractivity contribution in [1.82, 2.24) is 5.32 Å². The Bertz CT molecular complexity index is 897. The number of nitrogens with one attached hydrogen (secondary N) is 1. The van der Waals surface area contributed by atoms with Gasteiger partial charge in [0, 0.05) is 6.04 Å². The van der Waals surface area contributed by atoms with Crippen molar-refractivity contribution in [1.29, 1.82) is 0 Å². The third-order valence-corrected chi connectivity index (χ3v) is 6.07. The second kappa shape index (κ2) is 8.17. The van der Waals surface area contributed by atoms with Gasteiger partial charge < -0.3 is 5.32 Å². The normalized spacial score (nSPS) is 13.0. The van der Waals surface area contributed by atoms with Gasteiger partial charge in [0.1, 0.15) is 4.88 Å². The van der Waals surface area contributed by atoms with Gasteiger partial charge >= 0.3 is 5.76 Å². The molecule has 1 aromatic carbocycles. The van der Waals surface area contributed by atoms with E-state index in [4.69, 9.17) is 0 Å². The summed E-state index contributed by atoms with van der Waals surface area (Å²) in [4.78, 5) is 11.2. The Hall–Kier alpha value is -1.94. The molecule has 0 fully saturated rings. The van der Waals surface area contributed by atoms with Gasteiger partial charge in [0.25, 0.3) is 5.91 Å². The summed E-state index contributed by atoms with van der Waals surface area (Å²) in [7, 11) is -4.87. The van der Waals surface area contributed by atoms with E-state index in [1.165, 1.54) is 11.4 Å². The average Bonchev–Trinajstić information content (AvgIpc) is 3.06. The molecule has 1 atom stereocenters. The van der Waals surface area contributed by atoms with Crippen molar-refractivity contribution < 1.29 is 30.8 Å². The number of benzene rings is 1. The van der Waals surface area contributed by atoms with Crippen LogP contribution in [0.15, 0.2) is 34.5 Å². The molecule has 26 heavy (non-hydrogen) atoms. The van der Waals surface area contributed by atoms with Crippen LogP contribution in [0.2, 0.25) is 0 Å². The number of carbonyl (C=O) groups excluding carboxylic acids is 1. The van der Waals surface area contributed by atoms with Gasteiger partial charge in [-0.05, 0) is 48.9 Å². The van der Waals surface area contributed by atoms with Crippen molar-refractivity contribution in [2.75, 3.05) is 0 Å². The number of halogens is 4. The van der Waals surface area contributed by atoms with Crippen molar-refractivity contribution in [3.63, 3.8) is 0 Å². The number of hydrogen-bond donors (Lipinski definition) is 1. The second-order valence-corrected chi connectivity index (χ2v) is 8.38. The van der Waals surface area contributed by atoms with E-state index in [9.17, 15) is 30.8 Å². The summed E-state index contributed by atoms with van der Waals surface area (Å²) in [5.41, 5.74) is 0.530. The van der Waals surface area contributed by atoms with E-state index in [-0.39, 0.29) is 4.88 Å². The number of aryl methyl sites for hydroxylation is 1. The lowest BCUT2D eigenvalue weighted by atomic mass is 10.1. The van der Waals surface area contributed by atoms with Gasteiger partial charge in [-0.1, -0.05) is 6.07 Å². The zero-order valence-electron chi connectivity index (χ0n) is 13.5. The lowest BCUT2D eigenvalue weighted by Crippen LogP contribution is -2.33. The predicted octanol–water partition coefficient (Wildman–Crippen LogP) is 3.77. The smallest absolute Gasteiger partial charge is 0.341 e. The Balaban J connectivity index is 2.02. The predicted molar refractivity (Wildman–Crippen MR) is 89.1 cm³/mol. The lowest BCUT2D eigenvalue weighted by Gasteiger charge is -2.14. The fourth-order valence-electron chi connectivity index (χ4n) is 2.22. The summed E-state index contributed by atoms with van der Waals surface area (Å²) < 4.78 is 74.6. The van der Waals surface area contributed by atoms with Crippen molar-refractivity contribution in [3.05, 3.63) is 51.7 Å². The summed E-state index contributed by atoms with van der Waals surface area (Å²) >= 11 is 0.746. The Kier molecular flexibility index (Phi) is 6.40. The maximum Gasteiger partial charge on any atom is 0.341 e. The third kappa shape index (κ3) is 4.61. The fourth-order valence-corrected chi connectivity index (χ4v) is 4.29. The van der Waals surface area contributed by atoms with Crippen LogP contribution in [-0.2, 0) is 16.3 Å². The molecule has 0 bridgehead atoms. The topological polar surface area (TPSA) is 63.2 Å². The molecule has 0 radical (unpaired) electrons. The van der Waals surface area contributed by atoms with Gasteiger partial charge in [0.2, 0.25) is 9.84 Å². The average molecular weight is 409 g/mol. The molecule has 142 valence electrons. The SMILES string of the molecule is CC(CCc1ccc(F)c(F)c1)NC(=O)c1sccc1S(=O)(=O)C(F)F. The molecule has 0 spiro atoms. The molecule has 1 unspecified atom stereocenters. The van der Waals surface area contributed by atoms with E-state index in [1.54, 1.807) is 6.92 Å². The number of thiophene rings is 1. The molecule has 0 aliphatic rings. The van der Waals surface area contributed by atoms with Crippen molar-refractivity contribution >= 4 is 27.1 Å². The highest BCUT2D eigenvalue weighted by molar-refractivity contribution is 7.92. The van der Waals surface area contributed by atoms with Gasteiger partial charge in [-0.25, -0.2) is 17.2 Å². The minimum atomic E-state index is -4.87. The first-order valence-corrected chi connectivity index (χ1v) is 9.90. The third-order valence-electron chi connectivity index (χ3n) is 3.60. The number of sulfone groups is 1. The molecule has 1 N–H and O–H groups in total. The highest BCUT2D eigenvalue weighted by Gasteiger charge is 2.32. The number of rotatable bonds is 7. The fraction of sp³-hybridized carbons (Fsp3) is 0.312. The first-order valence-electron chi connectivity index (χ1n) is 7.47. The number of carbonyl (C=O) groups is 1. The van der Waals surface area contributed by atoms with E-state index in [0.29, 0.717) is 18.4 Å². The molecule has 2 rings (SSSR count). The molecule has 1 heterocycles. The van der Waals surface area contributed by atoms with Crippen LogP contribution >= 0.6 is 11.3 Å². The minimum absolute atomic E-state index is 0.315. The van der Waals surface area contributed by atoms with Gasteiger partial charge in [-0.2, -0.15) is 8.78 Å². The van der Waals surface area contributed by atoms with E-state index in [1.807, 2.05) is 0 Å². The van der Waals surface area contributed by atoms with E-state index in [2.05, 4.69) is 5.32 Å². The Morgan fingerprint density at radius 3 is 2.50 bits per heavy atom. The highest BCUT2D eigenvalue weighted by Crippen LogP contribution is 2.26. The molecule has 0 aliphatic heterocycles. The standard InChI is InChI=1S/C16H15F4NO3S2/c1-9(2-3-10-4-5-11(17)12(18)8-10)21-15(22)14-13(6-7-25-14)26(23,24)16(19)20/h4-9,16H,2-3H2,1H3,(H,21,22). The first-order chi connectivity index (χ1) is 12.1. The Morgan fingerprint density at radius 2 is 1.88 bits per heavy atom. The van der Waals surface area contributed by atoms with Crippen LogP contribution in [0, 0.1) is 11.6 Å². The zero-order chi connectivity index (χ0) is 19.5. The summed E-state index contributed by atoms with van der Waals surface area (Å²) in [6.07, 6.45) is 0.699. The maximum atomic E-state index is 13.2. The van der Waals surface area contributed by atoms with Crippen LogP contribution in [0.25, 0.3) is 0 Å². The molecule has 0 aliphatic carbocycles. The largest absolute Gasteiger partial charge is 0.349 e. The summed E-state index contributed by atoms with van der Waals surface area (Å²) in [6, 6.07) is 3.99. The highest BCUT2D eigenvalue weighted by atomic mass is 32.2. The monoisotopic (exact) mass is 409 g/mol. The number of amides is 1. The Morgan fingerprint density at radius 1 is 1.19 bits per heavy atom. The van der Waals surface area contributed by atoms with E-state index < -0.39 is 44.1 Å². The molecule has 0 saturated heterocycles. The van der Waals surface area contributed by atoms with Crippen LogP contribution in [0.3, 0.4) is 0 Å². The Labute approximate surface area is 151 Å². The summed E-state index contributed by atoms with van der Waals surface area (Å²) in [5, 5.41) is 3.77. The van der Waals surface area contributed by atoms with Gasteiger partial charge in [0.05, 0.1) is 4.90 Å². The minimum Gasteiger partial charge on any atom is -0.349 e. The van der Waals surface area contributed by atoms with Gasteiger partial charge in [-0.3, -0.25) is 4.79 Å². The molecule has 2 aromatic rings. The van der Waals surface area contributed by atoms with Crippen molar-refractivity contribution in [3.8, 4) is 0 Å². The second-order valence-electron chi connectivity index (χ2n) is 5.58. The molecular weight excluding hydrogens is 394 g/mol. The van der Waals surface area contributed by atoms with E-state index >= 15 is 0 Å². The quantitative estimate of drug-likeness (QED) is 0.708. The van der Waals surface area contributed by atoms with Crippen molar-refractivity contribution in [2.24, 2.45) is 0 Å². The molecule has 0 saturated carbocycles. The number of alkyl halides is 2. The summed E-state index contributed by atoms with van der Waals surface area (Å²) in [5.74, 6) is -6.33. The number of hydrogen-bond acceptors (Lipinski definition) is 4. The van der Waals surface area contributed by atoms with Crippen LogP contribution < -0.4 is 5.32 Å². The molecule has 4 nitrogen and oxygen atoms in total. The van der Waals surface area contributed by atoms with Crippen LogP contribution in [-0.4, -0.2) is 26.1 Å². The zero-order valence-corrected chi connectivity index (χ0v) is 15.1. The first kappa shape index (κ1) is 20.4. The van der Waals surface area contributed by atoms with E-state index in [0.717, 1.165) is 29.5 Å². The van der Waals surface area contributed by atoms with Gasteiger partial charge in [-0.15, -0.1) is 11.3 Å². The van der Waals surface area contributed by atoms with Crippen molar-refractivity contribution in [2.45, 2.75) is 36.5 Å². The summed E-state index contributed by atoms with van der Waals surface area (Å²) in [6.45, 7) is 1.63. The molecular formula is C16H15F4NO3S2.